The topological polar surface area (TPSA) is 49.9 Å². The molecule has 0 saturated heterocycles. The van der Waals surface area contributed by atoms with E-state index >= 15 is 0 Å². The summed E-state index contributed by atoms with van der Waals surface area (Å²) in [6.07, 6.45) is 0.647. The van der Waals surface area contributed by atoms with E-state index in [1.807, 2.05) is 30.3 Å². The van der Waals surface area contributed by atoms with Crippen molar-refractivity contribution in [2.45, 2.75) is 6.42 Å². The minimum absolute atomic E-state index is 0.201. The van der Waals surface area contributed by atoms with E-state index in [0.29, 0.717) is 6.42 Å². The van der Waals surface area contributed by atoms with E-state index in [9.17, 15) is 5.21 Å². The molecule has 0 atom stereocenters. The predicted octanol–water partition coefficient (Wildman–Crippen LogP) is 1.77. The third-order valence-electron chi connectivity index (χ3n) is 1.45. The van der Waals surface area contributed by atoms with Crippen LogP contribution in [0, 0.1) is 10.7 Å². The molecule has 0 aromatic heterocycles. The second-order valence-corrected chi connectivity index (χ2v) is 2.34. The van der Waals surface area contributed by atoms with Gasteiger partial charge in [0.05, 0.1) is 0 Å². The zero-order chi connectivity index (χ0) is 8.10. The van der Waals surface area contributed by atoms with Crippen LogP contribution in [0.25, 0.3) is 0 Å². The first-order valence-electron chi connectivity index (χ1n) is 3.49. The van der Waals surface area contributed by atoms with Crippen molar-refractivity contribution in [3.8, 4) is 0 Å². The molecule has 0 aliphatic carbocycles. The number of nitrogens with one attached hydrogen (secondary N) is 1. The van der Waals surface area contributed by atoms with Crippen molar-refractivity contribution in [1.29, 1.82) is 5.53 Å². The lowest BCUT2D eigenvalue weighted by Gasteiger charge is -1.97. The molecule has 0 bridgehead atoms. The number of hydroxylamine groups is 1. The molecule has 0 aliphatic rings. The molecular weight excluding hydrogens is 140 g/mol. The molecule has 0 amide bonds. The Bertz CT molecular complexity index is 233. The van der Waals surface area contributed by atoms with Gasteiger partial charge in [0.2, 0.25) is 0 Å². The van der Waals surface area contributed by atoms with Crippen molar-refractivity contribution < 1.29 is 4.86 Å². The molecule has 1 N–H and O–H groups in total. The van der Waals surface area contributed by atoms with E-state index in [1.54, 1.807) is 0 Å². The summed E-state index contributed by atoms with van der Waals surface area (Å²) in [7, 11) is 0. The fraction of sp³-hybridized carbons (Fsp3) is 0.250. The number of hydrogen-bond acceptors (Lipinski definition) is 2. The molecule has 0 unspecified atom stereocenters. The van der Waals surface area contributed by atoms with Crippen molar-refractivity contribution >= 4 is 0 Å². The van der Waals surface area contributed by atoms with Gasteiger partial charge in [0, 0.05) is 6.42 Å². The molecule has 1 aromatic carbocycles. The van der Waals surface area contributed by atoms with Gasteiger partial charge >= 0.3 is 0 Å². The van der Waals surface area contributed by atoms with E-state index in [1.165, 1.54) is 0 Å². The molecule has 58 valence electrons. The maximum atomic E-state index is 10.2. The average Bonchev–Trinajstić information content (AvgIpc) is 2.03. The number of nitrogens with zero attached hydrogens (tertiary/aromatic N) is 1. The molecule has 0 spiro atoms. The average molecular weight is 150 g/mol. The zero-order valence-corrected chi connectivity index (χ0v) is 6.16. The summed E-state index contributed by atoms with van der Waals surface area (Å²) in [5.74, 6) is 0. The smallest absolute Gasteiger partial charge is 0.184 e. The fourth-order valence-corrected chi connectivity index (χ4v) is 0.875. The quantitative estimate of drug-likeness (QED) is 0.398. The Balaban J connectivity index is 2.45. The molecule has 0 aliphatic heterocycles. The minimum Gasteiger partial charge on any atom is -0.600 e. The van der Waals surface area contributed by atoms with E-state index in [-0.39, 0.29) is 11.4 Å². The molecule has 0 radical (unpaired) electrons. The SMILES string of the molecule is N=[N+]([O-])CCc1ccccc1. The van der Waals surface area contributed by atoms with Gasteiger partial charge in [-0.05, 0) is 11.1 Å². The van der Waals surface area contributed by atoms with E-state index < -0.39 is 0 Å². The van der Waals surface area contributed by atoms with Crippen LogP contribution in [0.15, 0.2) is 30.3 Å². The van der Waals surface area contributed by atoms with Gasteiger partial charge in [-0.2, -0.15) is 0 Å². The van der Waals surface area contributed by atoms with Crippen LogP contribution in [0.5, 0.6) is 0 Å². The van der Waals surface area contributed by atoms with Crippen LogP contribution in [0.4, 0.5) is 0 Å². The van der Waals surface area contributed by atoms with Crippen LogP contribution in [-0.4, -0.2) is 11.4 Å². The molecule has 0 fully saturated rings. The summed E-state index contributed by atoms with van der Waals surface area (Å²) in [4.78, 5) is 0.201. The first-order valence-corrected chi connectivity index (χ1v) is 3.49. The van der Waals surface area contributed by atoms with Gasteiger partial charge in [-0.3, -0.25) is 0 Å². The third kappa shape index (κ3) is 2.80. The van der Waals surface area contributed by atoms with Crippen LogP contribution >= 0.6 is 0 Å². The predicted molar refractivity (Wildman–Crippen MR) is 41.4 cm³/mol. The van der Waals surface area contributed by atoms with Crippen LogP contribution in [0.2, 0.25) is 0 Å². The van der Waals surface area contributed by atoms with Crippen molar-refractivity contribution in [1.82, 2.24) is 0 Å². The highest BCUT2D eigenvalue weighted by atomic mass is 16.5. The van der Waals surface area contributed by atoms with Gasteiger partial charge in [-0.25, -0.2) is 0 Å². The maximum absolute atomic E-state index is 10.2. The van der Waals surface area contributed by atoms with E-state index in [0.717, 1.165) is 5.56 Å². The summed E-state index contributed by atoms with van der Waals surface area (Å²) in [5, 5.41) is 10.2. The normalized spacial score (nSPS) is 9.45. The Morgan fingerprint density at radius 3 is 2.45 bits per heavy atom. The largest absolute Gasteiger partial charge is 0.600 e. The van der Waals surface area contributed by atoms with Crippen molar-refractivity contribution in [3.63, 3.8) is 0 Å². The van der Waals surface area contributed by atoms with Gasteiger partial charge in [0.15, 0.2) is 6.54 Å². The molecule has 0 heterocycles. The first kappa shape index (κ1) is 7.72. The lowest BCUT2D eigenvalue weighted by molar-refractivity contribution is -0.551. The van der Waals surface area contributed by atoms with Gasteiger partial charge in [0.25, 0.3) is 0 Å². The van der Waals surface area contributed by atoms with Crippen LogP contribution in [0.1, 0.15) is 5.56 Å². The first-order chi connectivity index (χ1) is 5.29. The molecule has 3 heteroatoms. The minimum atomic E-state index is 0.201. The summed E-state index contributed by atoms with van der Waals surface area (Å²) in [6.45, 7) is 0.240. The molecular formula is C8H10N2O. The van der Waals surface area contributed by atoms with Crippen LogP contribution in [0.3, 0.4) is 0 Å². The van der Waals surface area contributed by atoms with Crippen molar-refractivity contribution in [3.05, 3.63) is 41.1 Å². The lowest BCUT2D eigenvalue weighted by Crippen LogP contribution is -2.03. The molecule has 0 saturated carbocycles. The van der Waals surface area contributed by atoms with Gasteiger partial charge in [0.1, 0.15) is 0 Å². The molecule has 11 heavy (non-hydrogen) atoms. The number of rotatable bonds is 3. The van der Waals surface area contributed by atoms with Crippen LogP contribution in [-0.2, 0) is 6.42 Å². The zero-order valence-electron chi connectivity index (χ0n) is 6.16. The van der Waals surface area contributed by atoms with Gasteiger partial charge in [-0.1, -0.05) is 35.2 Å². The van der Waals surface area contributed by atoms with Gasteiger partial charge < -0.3 is 5.21 Å². The summed E-state index contributed by atoms with van der Waals surface area (Å²) >= 11 is 0. The second-order valence-electron chi connectivity index (χ2n) is 2.34. The van der Waals surface area contributed by atoms with E-state index in [4.69, 9.17) is 5.53 Å². The summed E-state index contributed by atoms with van der Waals surface area (Å²) in [5.41, 5.74) is 7.70. The Hall–Kier alpha value is -1.38. The Morgan fingerprint density at radius 2 is 1.91 bits per heavy atom. The fourth-order valence-electron chi connectivity index (χ4n) is 0.875. The number of benzene rings is 1. The highest BCUT2D eigenvalue weighted by molar-refractivity contribution is 5.14. The van der Waals surface area contributed by atoms with Gasteiger partial charge in [-0.15, -0.1) is 0 Å². The van der Waals surface area contributed by atoms with Crippen LogP contribution < -0.4 is 0 Å². The highest BCUT2D eigenvalue weighted by Crippen LogP contribution is 1.98. The molecule has 1 aromatic rings. The maximum Gasteiger partial charge on any atom is 0.184 e. The highest BCUT2D eigenvalue weighted by Gasteiger charge is 1.94. The van der Waals surface area contributed by atoms with E-state index in [2.05, 4.69) is 0 Å². The monoisotopic (exact) mass is 150 g/mol. The third-order valence-corrected chi connectivity index (χ3v) is 1.45. The second kappa shape index (κ2) is 3.71. The Labute approximate surface area is 65.4 Å². The standard InChI is InChI=1S/C8H10N2O/c9-10(11)7-6-8-4-2-1-3-5-8/h1-5,9H,6-7H2. The summed E-state index contributed by atoms with van der Waals surface area (Å²) in [6, 6.07) is 9.68. The van der Waals surface area contributed by atoms with Crippen molar-refractivity contribution in [2.24, 2.45) is 0 Å². The molecule has 1 rings (SSSR count). The van der Waals surface area contributed by atoms with Crippen molar-refractivity contribution in [2.75, 3.05) is 6.54 Å². The number of hydrogen-bond donors (Lipinski definition) is 1. The molecule has 3 nitrogen and oxygen atoms in total. The Morgan fingerprint density at radius 1 is 1.27 bits per heavy atom. The summed E-state index contributed by atoms with van der Waals surface area (Å²) < 4.78 is 0. The Kier molecular flexibility index (Phi) is 2.60. The lowest BCUT2D eigenvalue weighted by atomic mass is 10.2.